The summed E-state index contributed by atoms with van der Waals surface area (Å²) >= 11 is 0. The number of carbonyl (C=O) groups is 2. The van der Waals surface area contributed by atoms with Crippen LogP contribution < -0.4 is 0 Å². The molecule has 1 unspecified atom stereocenters. The van der Waals surface area contributed by atoms with Crippen molar-refractivity contribution in [2.75, 3.05) is 26.3 Å². The summed E-state index contributed by atoms with van der Waals surface area (Å²) in [5, 5.41) is 0. The second-order valence-electron chi connectivity index (χ2n) is 7.18. The van der Waals surface area contributed by atoms with Gasteiger partial charge in [0.15, 0.2) is 0 Å². The molecule has 3 heterocycles. The minimum atomic E-state index is -0.605. The first kappa shape index (κ1) is 18.5. The molecule has 1 aromatic heterocycles. The molecule has 0 saturated carbocycles. The molecule has 2 fully saturated rings. The number of hydrogen-bond donors (Lipinski definition) is 0. The summed E-state index contributed by atoms with van der Waals surface area (Å²) < 4.78 is 18.9. The van der Waals surface area contributed by atoms with Crippen LogP contribution in [0.4, 0.5) is 4.39 Å². The van der Waals surface area contributed by atoms with E-state index >= 15 is 0 Å². The highest BCUT2D eigenvalue weighted by molar-refractivity contribution is 5.91. The number of aromatic nitrogens is 2. The van der Waals surface area contributed by atoms with Crippen LogP contribution in [0, 0.1) is 5.82 Å². The molecule has 0 bridgehead atoms. The molecule has 4 rings (SSSR count). The third kappa shape index (κ3) is 3.60. The predicted octanol–water partition coefficient (Wildman–Crippen LogP) is 1.65. The van der Waals surface area contributed by atoms with Crippen molar-refractivity contribution in [3.8, 4) is 0 Å². The Morgan fingerprint density at radius 2 is 1.96 bits per heavy atom. The Hall–Kier alpha value is -2.87. The molecule has 8 heteroatoms. The van der Waals surface area contributed by atoms with Crippen molar-refractivity contribution in [1.29, 1.82) is 0 Å². The predicted molar refractivity (Wildman–Crippen MR) is 97.7 cm³/mol. The number of halogens is 1. The molecule has 2 aliphatic heterocycles. The maximum Gasteiger partial charge on any atom is 0.291 e. The van der Waals surface area contributed by atoms with E-state index in [0.717, 1.165) is 5.56 Å². The van der Waals surface area contributed by atoms with Gasteiger partial charge in [-0.25, -0.2) is 14.4 Å². The molecule has 2 amide bonds. The van der Waals surface area contributed by atoms with Crippen LogP contribution in [0.25, 0.3) is 0 Å². The van der Waals surface area contributed by atoms with Crippen molar-refractivity contribution >= 4 is 11.8 Å². The quantitative estimate of drug-likeness (QED) is 0.804. The third-order valence-electron chi connectivity index (χ3n) is 5.34. The Morgan fingerprint density at radius 1 is 1.21 bits per heavy atom. The molecule has 1 atom stereocenters. The monoisotopic (exact) mass is 384 g/mol. The van der Waals surface area contributed by atoms with Crippen molar-refractivity contribution in [2.45, 2.75) is 24.9 Å². The summed E-state index contributed by atoms with van der Waals surface area (Å²) in [5.41, 5.74) is 0.235. The van der Waals surface area contributed by atoms with Gasteiger partial charge >= 0.3 is 0 Å². The first-order chi connectivity index (χ1) is 13.6. The lowest BCUT2D eigenvalue weighted by molar-refractivity contribution is -0.137. The van der Waals surface area contributed by atoms with Gasteiger partial charge in [-0.2, -0.15) is 0 Å². The summed E-state index contributed by atoms with van der Waals surface area (Å²) in [5.74, 6) is -0.525. The van der Waals surface area contributed by atoms with E-state index in [2.05, 4.69) is 9.97 Å². The number of benzene rings is 1. The van der Waals surface area contributed by atoms with Gasteiger partial charge in [-0.1, -0.05) is 12.1 Å². The molecule has 2 saturated heterocycles. The van der Waals surface area contributed by atoms with Gasteiger partial charge < -0.3 is 14.5 Å². The van der Waals surface area contributed by atoms with Gasteiger partial charge in [-0.3, -0.25) is 9.59 Å². The van der Waals surface area contributed by atoms with Gasteiger partial charge in [0.2, 0.25) is 11.7 Å². The Morgan fingerprint density at radius 3 is 2.64 bits per heavy atom. The highest BCUT2D eigenvalue weighted by atomic mass is 19.1. The maximum atomic E-state index is 13.2. The van der Waals surface area contributed by atoms with Crippen molar-refractivity contribution in [3.05, 3.63) is 59.9 Å². The van der Waals surface area contributed by atoms with Crippen molar-refractivity contribution in [3.63, 3.8) is 0 Å². The Labute approximate surface area is 162 Å². The second-order valence-corrected chi connectivity index (χ2v) is 7.18. The first-order valence-electron chi connectivity index (χ1n) is 9.26. The molecule has 146 valence electrons. The van der Waals surface area contributed by atoms with Gasteiger partial charge in [0.05, 0.1) is 12.1 Å². The zero-order valence-corrected chi connectivity index (χ0v) is 15.4. The topological polar surface area (TPSA) is 75.6 Å². The van der Waals surface area contributed by atoms with E-state index < -0.39 is 5.54 Å². The zero-order valence-electron chi connectivity index (χ0n) is 15.4. The fourth-order valence-corrected chi connectivity index (χ4v) is 3.84. The maximum absolute atomic E-state index is 13.2. The van der Waals surface area contributed by atoms with Crippen LogP contribution in [0.1, 0.15) is 29.0 Å². The van der Waals surface area contributed by atoms with Gasteiger partial charge in [0.1, 0.15) is 5.82 Å². The molecule has 2 aromatic rings. The molecular weight excluding hydrogens is 363 g/mol. The summed E-state index contributed by atoms with van der Waals surface area (Å²) in [6.07, 6.45) is 3.90. The van der Waals surface area contributed by atoms with Crippen molar-refractivity contribution < 1.29 is 18.7 Å². The van der Waals surface area contributed by atoms with Crippen LogP contribution in [0.2, 0.25) is 0 Å². The van der Waals surface area contributed by atoms with Crippen LogP contribution in [0.15, 0.2) is 42.7 Å². The summed E-state index contributed by atoms with van der Waals surface area (Å²) in [7, 11) is 0. The smallest absolute Gasteiger partial charge is 0.291 e. The first-order valence-corrected chi connectivity index (χ1v) is 9.26. The second kappa shape index (κ2) is 7.63. The molecule has 0 aliphatic carbocycles. The third-order valence-corrected chi connectivity index (χ3v) is 5.34. The Kier molecular flexibility index (Phi) is 5.04. The van der Waals surface area contributed by atoms with Crippen LogP contribution >= 0.6 is 0 Å². The van der Waals surface area contributed by atoms with Gasteiger partial charge in [-0.05, 0) is 30.2 Å². The number of carbonyl (C=O) groups excluding carboxylic acids is 2. The van der Waals surface area contributed by atoms with Crippen LogP contribution in [-0.2, 0) is 16.1 Å². The van der Waals surface area contributed by atoms with E-state index in [0.29, 0.717) is 39.3 Å². The van der Waals surface area contributed by atoms with E-state index in [-0.39, 0.29) is 29.9 Å². The SMILES string of the molecule is O=C(c1ncccn1)N1CCC(=O)N(Cc2ccc(F)cc2)C2(CCOC2)C1. The van der Waals surface area contributed by atoms with Crippen LogP contribution in [-0.4, -0.2) is 63.4 Å². The number of ether oxygens (including phenoxy) is 1. The average Bonchev–Trinajstić information content (AvgIpc) is 3.14. The minimum Gasteiger partial charge on any atom is -0.379 e. The van der Waals surface area contributed by atoms with E-state index in [1.54, 1.807) is 28.0 Å². The number of nitrogens with zero attached hydrogens (tertiary/aromatic N) is 4. The highest BCUT2D eigenvalue weighted by Crippen LogP contribution is 2.32. The van der Waals surface area contributed by atoms with Gasteiger partial charge in [-0.15, -0.1) is 0 Å². The molecule has 0 N–H and O–H groups in total. The molecule has 1 spiro atoms. The van der Waals surface area contributed by atoms with E-state index in [1.165, 1.54) is 24.5 Å². The lowest BCUT2D eigenvalue weighted by Gasteiger charge is -2.40. The Bertz CT molecular complexity index is 854. The lowest BCUT2D eigenvalue weighted by atomic mass is 9.94. The molecular formula is C20H21FN4O3. The summed E-state index contributed by atoms with van der Waals surface area (Å²) in [6, 6.07) is 7.78. The van der Waals surface area contributed by atoms with Crippen molar-refractivity contribution in [2.24, 2.45) is 0 Å². The number of amides is 2. The molecule has 1 aromatic carbocycles. The highest BCUT2D eigenvalue weighted by Gasteiger charge is 2.47. The minimum absolute atomic E-state index is 0.0425. The molecule has 2 aliphatic rings. The summed E-state index contributed by atoms with van der Waals surface area (Å²) in [4.78, 5) is 37.4. The average molecular weight is 384 g/mol. The van der Waals surface area contributed by atoms with Crippen molar-refractivity contribution in [1.82, 2.24) is 19.8 Å². The van der Waals surface area contributed by atoms with E-state index in [9.17, 15) is 14.0 Å². The fraction of sp³-hybridized carbons (Fsp3) is 0.400. The number of rotatable bonds is 3. The summed E-state index contributed by atoms with van der Waals surface area (Å²) in [6.45, 7) is 1.90. The largest absolute Gasteiger partial charge is 0.379 e. The normalized spacial score (nSPS) is 22.5. The van der Waals surface area contributed by atoms with Crippen LogP contribution in [0.5, 0.6) is 0 Å². The Balaban J connectivity index is 1.61. The van der Waals surface area contributed by atoms with Crippen LogP contribution in [0.3, 0.4) is 0 Å². The lowest BCUT2D eigenvalue weighted by Crippen LogP contribution is -2.56. The van der Waals surface area contributed by atoms with E-state index in [1.807, 2.05) is 0 Å². The standard InChI is InChI=1S/C20H21FN4O3/c21-16-4-2-15(3-5-16)12-25-17(26)6-10-24(13-20(25)7-11-28-14-20)19(27)18-22-8-1-9-23-18/h1-5,8-9H,6-7,10-14H2. The van der Waals surface area contributed by atoms with Gasteiger partial charge in [0.25, 0.3) is 5.91 Å². The number of hydrogen-bond acceptors (Lipinski definition) is 5. The van der Waals surface area contributed by atoms with Gasteiger partial charge in [0, 0.05) is 45.1 Å². The van der Waals surface area contributed by atoms with E-state index in [4.69, 9.17) is 4.74 Å². The molecule has 7 nitrogen and oxygen atoms in total. The molecule has 28 heavy (non-hydrogen) atoms. The molecule has 0 radical (unpaired) electrons. The zero-order chi connectivity index (χ0) is 19.6. The fourth-order valence-electron chi connectivity index (χ4n) is 3.84.